The van der Waals surface area contributed by atoms with E-state index in [9.17, 15) is 9.90 Å². The summed E-state index contributed by atoms with van der Waals surface area (Å²) in [5.41, 5.74) is 5.59. The highest BCUT2D eigenvalue weighted by molar-refractivity contribution is 5.81. The number of hydrogen-bond acceptors (Lipinski definition) is 3. The molecule has 1 aliphatic carbocycles. The van der Waals surface area contributed by atoms with Gasteiger partial charge in [-0.2, -0.15) is 0 Å². The molecule has 0 aromatic rings. The monoisotopic (exact) mass is 200 g/mol. The fraction of sp³-hybridized carbons (Fsp3) is 0.900. The van der Waals surface area contributed by atoms with Crippen LogP contribution in [0.5, 0.6) is 0 Å². The Bertz CT molecular complexity index is 197. The van der Waals surface area contributed by atoms with Crippen molar-refractivity contribution >= 4 is 5.91 Å². The molecule has 1 aliphatic rings. The van der Waals surface area contributed by atoms with Crippen LogP contribution in [0, 0.1) is 0 Å². The van der Waals surface area contributed by atoms with Gasteiger partial charge in [-0.3, -0.25) is 4.79 Å². The fourth-order valence-corrected chi connectivity index (χ4v) is 1.79. The van der Waals surface area contributed by atoms with Gasteiger partial charge >= 0.3 is 0 Å². The van der Waals surface area contributed by atoms with Crippen molar-refractivity contribution in [3.63, 3.8) is 0 Å². The lowest BCUT2D eigenvalue weighted by Crippen LogP contribution is -2.47. The highest BCUT2D eigenvalue weighted by Gasteiger charge is 2.22. The maximum atomic E-state index is 11.4. The minimum Gasteiger partial charge on any atom is -0.393 e. The molecule has 1 amide bonds. The zero-order valence-corrected chi connectivity index (χ0v) is 8.70. The number of aliphatic hydroxyl groups excluding tert-OH is 1. The van der Waals surface area contributed by atoms with Crippen LogP contribution in [0.3, 0.4) is 0 Å². The van der Waals surface area contributed by atoms with E-state index in [4.69, 9.17) is 5.73 Å². The molecular formula is C10H20N2O2. The third-order valence-electron chi connectivity index (χ3n) is 2.77. The SMILES string of the molecule is CCC(N)C(=O)NC1CCCC(O)C1. The Morgan fingerprint density at radius 1 is 1.64 bits per heavy atom. The van der Waals surface area contributed by atoms with Gasteiger partial charge in [0.2, 0.25) is 5.91 Å². The van der Waals surface area contributed by atoms with Crippen molar-refractivity contribution in [2.45, 2.75) is 57.2 Å². The number of nitrogens with one attached hydrogen (secondary N) is 1. The average Bonchev–Trinajstić information content (AvgIpc) is 2.16. The molecule has 0 saturated heterocycles. The first-order valence-corrected chi connectivity index (χ1v) is 5.37. The van der Waals surface area contributed by atoms with Gasteiger partial charge in [0.1, 0.15) is 0 Å². The molecule has 0 radical (unpaired) electrons. The van der Waals surface area contributed by atoms with E-state index in [0.29, 0.717) is 12.8 Å². The molecule has 1 rings (SSSR count). The van der Waals surface area contributed by atoms with Gasteiger partial charge in [-0.15, -0.1) is 0 Å². The number of carbonyl (C=O) groups is 1. The van der Waals surface area contributed by atoms with Crippen LogP contribution in [-0.4, -0.2) is 29.2 Å². The Morgan fingerprint density at radius 2 is 2.36 bits per heavy atom. The number of carbonyl (C=O) groups excluding carboxylic acids is 1. The molecule has 3 unspecified atom stereocenters. The Balaban J connectivity index is 2.32. The van der Waals surface area contributed by atoms with Crippen molar-refractivity contribution in [3.05, 3.63) is 0 Å². The summed E-state index contributed by atoms with van der Waals surface area (Å²) in [7, 11) is 0. The fourth-order valence-electron chi connectivity index (χ4n) is 1.79. The van der Waals surface area contributed by atoms with Crippen LogP contribution >= 0.6 is 0 Å². The zero-order chi connectivity index (χ0) is 10.6. The van der Waals surface area contributed by atoms with Crippen molar-refractivity contribution in [3.8, 4) is 0 Å². The largest absolute Gasteiger partial charge is 0.393 e. The maximum Gasteiger partial charge on any atom is 0.237 e. The highest BCUT2D eigenvalue weighted by atomic mass is 16.3. The van der Waals surface area contributed by atoms with E-state index >= 15 is 0 Å². The average molecular weight is 200 g/mol. The molecule has 4 N–H and O–H groups in total. The normalized spacial score (nSPS) is 29.6. The van der Waals surface area contributed by atoms with E-state index in [1.54, 1.807) is 0 Å². The van der Waals surface area contributed by atoms with E-state index in [-0.39, 0.29) is 18.1 Å². The number of rotatable bonds is 3. The summed E-state index contributed by atoms with van der Waals surface area (Å²) < 4.78 is 0. The van der Waals surface area contributed by atoms with Crippen molar-refractivity contribution < 1.29 is 9.90 Å². The Labute approximate surface area is 84.9 Å². The van der Waals surface area contributed by atoms with Crippen molar-refractivity contribution in [2.24, 2.45) is 5.73 Å². The van der Waals surface area contributed by atoms with Crippen molar-refractivity contribution in [1.82, 2.24) is 5.32 Å². The number of hydrogen-bond donors (Lipinski definition) is 3. The van der Waals surface area contributed by atoms with Crippen LogP contribution in [0.2, 0.25) is 0 Å². The van der Waals surface area contributed by atoms with Gasteiger partial charge < -0.3 is 16.2 Å². The molecule has 82 valence electrons. The van der Waals surface area contributed by atoms with E-state index in [1.165, 1.54) is 0 Å². The van der Waals surface area contributed by atoms with E-state index in [0.717, 1.165) is 19.3 Å². The van der Waals surface area contributed by atoms with Crippen LogP contribution in [-0.2, 0) is 4.79 Å². The van der Waals surface area contributed by atoms with E-state index in [1.807, 2.05) is 6.92 Å². The van der Waals surface area contributed by atoms with Gasteiger partial charge in [0.05, 0.1) is 12.1 Å². The summed E-state index contributed by atoms with van der Waals surface area (Å²) in [5.74, 6) is -0.0911. The number of aliphatic hydroxyl groups is 1. The Morgan fingerprint density at radius 3 is 2.93 bits per heavy atom. The summed E-state index contributed by atoms with van der Waals surface area (Å²) in [6.07, 6.45) is 3.86. The number of amides is 1. The second kappa shape index (κ2) is 5.32. The van der Waals surface area contributed by atoms with Crippen molar-refractivity contribution in [1.29, 1.82) is 0 Å². The molecule has 0 aromatic heterocycles. The van der Waals surface area contributed by atoms with Crippen LogP contribution < -0.4 is 11.1 Å². The first-order valence-electron chi connectivity index (χ1n) is 5.37. The molecule has 0 bridgehead atoms. The molecule has 14 heavy (non-hydrogen) atoms. The lowest BCUT2D eigenvalue weighted by molar-refractivity contribution is -0.123. The third-order valence-corrected chi connectivity index (χ3v) is 2.77. The quantitative estimate of drug-likeness (QED) is 0.606. The highest BCUT2D eigenvalue weighted by Crippen LogP contribution is 2.18. The van der Waals surface area contributed by atoms with Crippen molar-refractivity contribution in [2.75, 3.05) is 0 Å². The molecule has 1 fully saturated rings. The molecule has 0 aromatic carbocycles. The number of nitrogens with two attached hydrogens (primary N) is 1. The van der Waals surface area contributed by atoms with Gasteiger partial charge in [0.15, 0.2) is 0 Å². The smallest absolute Gasteiger partial charge is 0.237 e. The minimum atomic E-state index is -0.408. The molecular weight excluding hydrogens is 180 g/mol. The first kappa shape index (κ1) is 11.5. The lowest BCUT2D eigenvalue weighted by Gasteiger charge is -2.27. The summed E-state index contributed by atoms with van der Waals surface area (Å²) in [5, 5.41) is 12.3. The summed E-state index contributed by atoms with van der Waals surface area (Å²) in [6, 6.07) is -0.294. The zero-order valence-electron chi connectivity index (χ0n) is 8.70. The molecule has 3 atom stereocenters. The predicted octanol–water partition coefficient (Wildman–Crippen LogP) is 0.143. The molecule has 4 nitrogen and oxygen atoms in total. The summed E-state index contributed by atoms with van der Waals surface area (Å²) in [6.45, 7) is 1.89. The Hall–Kier alpha value is -0.610. The van der Waals surface area contributed by atoms with E-state index < -0.39 is 6.04 Å². The molecule has 0 spiro atoms. The standard InChI is InChI=1S/C10H20N2O2/c1-2-9(11)10(14)12-7-4-3-5-8(13)6-7/h7-9,13H,2-6,11H2,1H3,(H,12,14). The molecule has 4 heteroatoms. The first-order chi connectivity index (χ1) is 6.63. The van der Waals surface area contributed by atoms with Crippen LogP contribution in [0.15, 0.2) is 0 Å². The van der Waals surface area contributed by atoms with Crippen LogP contribution in [0.25, 0.3) is 0 Å². The van der Waals surface area contributed by atoms with Gasteiger partial charge in [0, 0.05) is 6.04 Å². The molecule has 0 heterocycles. The lowest BCUT2D eigenvalue weighted by atomic mass is 9.93. The predicted molar refractivity (Wildman–Crippen MR) is 54.7 cm³/mol. The molecule has 1 saturated carbocycles. The van der Waals surface area contributed by atoms with Crippen LogP contribution in [0.1, 0.15) is 39.0 Å². The minimum absolute atomic E-state index is 0.0911. The second-order valence-electron chi connectivity index (χ2n) is 4.04. The molecule has 0 aliphatic heterocycles. The van der Waals surface area contributed by atoms with E-state index in [2.05, 4.69) is 5.32 Å². The van der Waals surface area contributed by atoms with Gasteiger partial charge in [-0.05, 0) is 32.1 Å². The van der Waals surface area contributed by atoms with Gasteiger partial charge in [-0.1, -0.05) is 6.92 Å². The topological polar surface area (TPSA) is 75.4 Å². The maximum absolute atomic E-state index is 11.4. The van der Waals surface area contributed by atoms with Gasteiger partial charge in [0.25, 0.3) is 0 Å². The van der Waals surface area contributed by atoms with Crippen LogP contribution in [0.4, 0.5) is 0 Å². The third kappa shape index (κ3) is 3.27. The Kier molecular flexibility index (Phi) is 4.35. The summed E-state index contributed by atoms with van der Waals surface area (Å²) in [4.78, 5) is 11.4. The van der Waals surface area contributed by atoms with Gasteiger partial charge in [-0.25, -0.2) is 0 Å². The summed E-state index contributed by atoms with van der Waals surface area (Å²) >= 11 is 0. The second-order valence-corrected chi connectivity index (χ2v) is 4.04.